The van der Waals surface area contributed by atoms with E-state index in [2.05, 4.69) is 10.6 Å². The van der Waals surface area contributed by atoms with Crippen molar-refractivity contribution in [2.45, 2.75) is 44.2 Å². The Morgan fingerprint density at radius 2 is 1.91 bits per heavy atom. The third-order valence-electron chi connectivity index (χ3n) is 4.44. The number of rotatable bonds is 5. The minimum absolute atomic E-state index is 0.0166. The lowest BCUT2D eigenvalue weighted by Gasteiger charge is -2.15. The van der Waals surface area contributed by atoms with E-state index in [0.717, 1.165) is 30.7 Å². The topological polar surface area (TPSA) is 70.6 Å². The molecule has 0 saturated heterocycles. The minimum Gasteiger partial charge on any atom is -0.490 e. The molecule has 124 valence electrons. The lowest BCUT2D eigenvalue weighted by atomic mass is 10.1. The summed E-state index contributed by atoms with van der Waals surface area (Å²) in [7, 11) is 0. The maximum atomic E-state index is 12.0. The summed E-state index contributed by atoms with van der Waals surface area (Å²) >= 11 is 0. The Labute approximate surface area is 136 Å². The molecule has 2 atom stereocenters. The van der Waals surface area contributed by atoms with Crippen molar-refractivity contribution in [3.05, 3.63) is 36.4 Å². The molecule has 0 spiro atoms. The van der Waals surface area contributed by atoms with Crippen molar-refractivity contribution in [3.8, 4) is 5.75 Å². The van der Waals surface area contributed by atoms with Gasteiger partial charge in [0, 0.05) is 24.3 Å². The second kappa shape index (κ2) is 7.51. The maximum absolute atomic E-state index is 12.0. The second-order valence-electron chi connectivity index (χ2n) is 6.32. The molecule has 0 heterocycles. The number of nitrogens with one attached hydrogen (secondary N) is 2. The van der Waals surface area contributed by atoms with Crippen LogP contribution in [-0.2, 0) is 0 Å². The second-order valence-corrected chi connectivity index (χ2v) is 6.32. The van der Waals surface area contributed by atoms with Crippen LogP contribution in [0.15, 0.2) is 36.4 Å². The molecule has 2 aliphatic carbocycles. The number of anilines is 1. The van der Waals surface area contributed by atoms with Gasteiger partial charge in [0.05, 0.1) is 6.10 Å². The fourth-order valence-corrected chi connectivity index (χ4v) is 3.17. The number of benzene rings is 1. The average Bonchev–Trinajstić information content (AvgIpc) is 3.21. The van der Waals surface area contributed by atoms with Gasteiger partial charge in [-0.3, -0.25) is 0 Å². The third kappa shape index (κ3) is 4.48. The zero-order valence-corrected chi connectivity index (χ0v) is 13.2. The molecule has 5 heteroatoms. The number of carbonyl (C=O) groups excluding carboxylic acids is 1. The molecular weight excluding hydrogens is 292 g/mol. The fourth-order valence-electron chi connectivity index (χ4n) is 3.17. The third-order valence-corrected chi connectivity index (χ3v) is 4.44. The van der Waals surface area contributed by atoms with Crippen LogP contribution in [0.5, 0.6) is 5.75 Å². The van der Waals surface area contributed by atoms with Gasteiger partial charge >= 0.3 is 6.03 Å². The summed E-state index contributed by atoms with van der Waals surface area (Å²) < 4.78 is 5.91. The number of amides is 2. The highest BCUT2D eigenvalue weighted by Crippen LogP contribution is 2.25. The van der Waals surface area contributed by atoms with Gasteiger partial charge in [-0.2, -0.15) is 0 Å². The molecule has 2 amide bonds. The standard InChI is InChI=1S/C18H24N2O3/c21-12-13-5-6-15(11-13)20-18(22)19-14-7-9-17(10-8-14)23-16-3-1-2-4-16/h5-10,13,15-16,21H,1-4,11-12H2,(H2,19,20,22)/t13-,15+/m0/s1. The summed E-state index contributed by atoms with van der Waals surface area (Å²) in [6, 6.07) is 7.24. The van der Waals surface area contributed by atoms with E-state index in [-0.39, 0.29) is 24.6 Å². The Morgan fingerprint density at radius 3 is 2.57 bits per heavy atom. The molecule has 5 nitrogen and oxygen atoms in total. The van der Waals surface area contributed by atoms with E-state index in [1.807, 2.05) is 36.4 Å². The first-order chi connectivity index (χ1) is 11.2. The van der Waals surface area contributed by atoms with Crippen LogP contribution in [0.25, 0.3) is 0 Å². The summed E-state index contributed by atoms with van der Waals surface area (Å²) in [5.41, 5.74) is 0.738. The van der Waals surface area contributed by atoms with Gasteiger partial charge < -0.3 is 20.5 Å². The van der Waals surface area contributed by atoms with E-state index in [4.69, 9.17) is 9.84 Å². The van der Waals surface area contributed by atoms with Crippen LogP contribution in [0.1, 0.15) is 32.1 Å². The quantitative estimate of drug-likeness (QED) is 0.731. The molecule has 0 unspecified atom stereocenters. The summed E-state index contributed by atoms with van der Waals surface area (Å²) in [5.74, 6) is 1.000. The highest BCUT2D eigenvalue weighted by Gasteiger charge is 2.20. The molecule has 0 bridgehead atoms. The number of carbonyl (C=O) groups is 1. The van der Waals surface area contributed by atoms with E-state index in [9.17, 15) is 4.79 Å². The molecule has 1 aromatic rings. The van der Waals surface area contributed by atoms with Crippen LogP contribution < -0.4 is 15.4 Å². The molecule has 0 radical (unpaired) electrons. The zero-order valence-electron chi connectivity index (χ0n) is 13.2. The Kier molecular flexibility index (Phi) is 5.18. The molecule has 1 saturated carbocycles. The van der Waals surface area contributed by atoms with Crippen molar-refractivity contribution in [1.82, 2.24) is 5.32 Å². The van der Waals surface area contributed by atoms with Crippen LogP contribution in [0.3, 0.4) is 0 Å². The SMILES string of the molecule is O=C(Nc1ccc(OC2CCCC2)cc1)N[C@@H]1C=C[C@H](CO)C1. The molecule has 3 rings (SSSR count). The van der Waals surface area contributed by atoms with E-state index in [1.54, 1.807) is 0 Å². The van der Waals surface area contributed by atoms with Crippen molar-refractivity contribution < 1.29 is 14.6 Å². The molecule has 1 aromatic carbocycles. The van der Waals surface area contributed by atoms with Crippen LogP contribution >= 0.6 is 0 Å². The normalized spacial score (nSPS) is 23.9. The molecule has 0 aromatic heterocycles. The maximum Gasteiger partial charge on any atom is 0.319 e. The lowest BCUT2D eigenvalue weighted by Crippen LogP contribution is -2.36. The fraction of sp³-hybridized carbons (Fsp3) is 0.500. The van der Waals surface area contributed by atoms with E-state index in [1.165, 1.54) is 12.8 Å². The van der Waals surface area contributed by atoms with Crippen molar-refractivity contribution >= 4 is 11.7 Å². The first-order valence-electron chi connectivity index (χ1n) is 8.36. The zero-order chi connectivity index (χ0) is 16.1. The van der Waals surface area contributed by atoms with Crippen molar-refractivity contribution in [1.29, 1.82) is 0 Å². The Balaban J connectivity index is 1.46. The van der Waals surface area contributed by atoms with Crippen LogP contribution in [0.2, 0.25) is 0 Å². The van der Waals surface area contributed by atoms with Crippen molar-refractivity contribution in [2.75, 3.05) is 11.9 Å². The van der Waals surface area contributed by atoms with E-state index in [0.29, 0.717) is 6.10 Å². The smallest absolute Gasteiger partial charge is 0.319 e. The van der Waals surface area contributed by atoms with E-state index >= 15 is 0 Å². The van der Waals surface area contributed by atoms with Crippen LogP contribution in [0, 0.1) is 5.92 Å². The number of hydrogen-bond donors (Lipinski definition) is 3. The van der Waals surface area contributed by atoms with Gasteiger partial charge in [0.15, 0.2) is 0 Å². The molecule has 1 fully saturated rings. The summed E-state index contributed by atoms with van der Waals surface area (Å²) in [6.07, 6.45) is 9.72. The molecule has 2 aliphatic rings. The van der Waals surface area contributed by atoms with Gasteiger partial charge in [0.25, 0.3) is 0 Å². The van der Waals surface area contributed by atoms with Crippen molar-refractivity contribution in [3.63, 3.8) is 0 Å². The average molecular weight is 316 g/mol. The number of aliphatic hydroxyl groups excluding tert-OH is 1. The molecule has 3 N–H and O–H groups in total. The highest BCUT2D eigenvalue weighted by atomic mass is 16.5. The largest absolute Gasteiger partial charge is 0.490 e. The monoisotopic (exact) mass is 316 g/mol. The summed E-state index contributed by atoms with van der Waals surface area (Å²) in [5, 5.41) is 14.8. The molecular formula is C18H24N2O3. The van der Waals surface area contributed by atoms with Gasteiger partial charge in [-0.1, -0.05) is 12.2 Å². The lowest BCUT2D eigenvalue weighted by molar-refractivity contribution is 0.210. The van der Waals surface area contributed by atoms with Gasteiger partial charge in [0.2, 0.25) is 0 Å². The number of ether oxygens (including phenoxy) is 1. The molecule has 0 aliphatic heterocycles. The number of aliphatic hydroxyl groups is 1. The van der Waals surface area contributed by atoms with Gasteiger partial charge in [0.1, 0.15) is 5.75 Å². The van der Waals surface area contributed by atoms with E-state index < -0.39 is 0 Å². The summed E-state index contributed by atoms with van der Waals surface area (Å²) in [6.45, 7) is 0.124. The van der Waals surface area contributed by atoms with Crippen molar-refractivity contribution in [2.24, 2.45) is 5.92 Å². The predicted octanol–water partition coefficient (Wildman–Crippen LogP) is 3.07. The molecule has 23 heavy (non-hydrogen) atoms. The predicted molar refractivity (Wildman–Crippen MR) is 89.6 cm³/mol. The first kappa shape index (κ1) is 15.9. The van der Waals surface area contributed by atoms with Crippen LogP contribution in [0.4, 0.5) is 10.5 Å². The van der Waals surface area contributed by atoms with Gasteiger partial charge in [-0.05, 0) is 56.4 Å². The summed E-state index contributed by atoms with van der Waals surface area (Å²) in [4.78, 5) is 12.0. The Hall–Kier alpha value is -2.01. The van der Waals surface area contributed by atoms with Crippen LogP contribution in [-0.4, -0.2) is 29.9 Å². The van der Waals surface area contributed by atoms with Gasteiger partial charge in [-0.15, -0.1) is 0 Å². The van der Waals surface area contributed by atoms with Gasteiger partial charge in [-0.25, -0.2) is 4.79 Å². The number of urea groups is 1. The first-order valence-corrected chi connectivity index (χ1v) is 8.36. The highest BCUT2D eigenvalue weighted by molar-refractivity contribution is 5.89. The minimum atomic E-state index is -0.234. The Morgan fingerprint density at radius 1 is 1.17 bits per heavy atom. The Bertz CT molecular complexity index is 550. The number of hydrogen-bond acceptors (Lipinski definition) is 3.